The fraction of sp³-hybridized carbons (Fsp3) is 0.474. The summed E-state index contributed by atoms with van der Waals surface area (Å²) in [6.45, 7) is 6.38. The van der Waals surface area contributed by atoms with E-state index in [1.807, 2.05) is 51.2 Å². The van der Waals surface area contributed by atoms with E-state index >= 15 is 0 Å². The third-order valence-electron chi connectivity index (χ3n) is 3.37. The van der Waals surface area contributed by atoms with E-state index < -0.39 is 12.0 Å². The van der Waals surface area contributed by atoms with E-state index in [2.05, 4.69) is 10.6 Å². The van der Waals surface area contributed by atoms with Gasteiger partial charge in [-0.15, -0.1) is 0 Å². The lowest BCUT2D eigenvalue weighted by Crippen LogP contribution is -2.47. The Bertz CT molecular complexity index is 551. The molecule has 1 rings (SSSR count). The van der Waals surface area contributed by atoms with Gasteiger partial charge in [-0.05, 0) is 52.2 Å². The van der Waals surface area contributed by atoms with Crippen LogP contribution in [-0.2, 0) is 9.59 Å². The van der Waals surface area contributed by atoms with Gasteiger partial charge < -0.3 is 10.4 Å². The molecule has 3 N–H and O–H groups in total. The Labute approximate surface area is 144 Å². The van der Waals surface area contributed by atoms with E-state index in [1.165, 1.54) is 0 Å². The van der Waals surface area contributed by atoms with Crippen molar-refractivity contribution in [1.29, 1.82) is 0 Å². The van der Waals surface area contributed by atoms with Gasteiger partial charge in [-0.3, -0.25) is 14.9 Å². The molecule has 132 valence electrons. The molecule has 0 aromatic heterocycles. The highest BCUT2D eigenvalue weighted by Gasteiger charge is 2.22. The molecule has 1 aliphatic rings. The highest BCUT2D eigenvalue weighted by atomic mass is 16.4. The van der Waals surface area contributed by atoms with Crippen molar-refractivity contribution in [1.82, 2.24) is 10.6 Å². The van der Waals surface area contributed by atoms with Gasteiger partial charge in [0.2, 0.25) is 0 Å². The van der Waals surface area contributed by atoms with Crippen LogP contribution in [0.5, 0.6) is 0 Å². The van der Waals surface area contributed by atoms with Gasteiger partial charge in [-0.2, -0.15) is 0 Å². The summed E-state index contributed by atoms with van der Waals surface area (Å²) >= 11 is 0. The molecule has 0 heterocycles. The molecule has 1 aliphatic carbocycles. The van der Waals surface area contributed by atoms with Crippen LogP contribution in [0, 0.1) is 0 Å². The molecule has 0 bridgehead atoms. The molecule has 0 saturated heterocycles. The maximum Gasteiger partial charge on any atom is 0.320 e. The fourth-order valence-electron chi connectivity index (χ4n) is 2.28. The number of allylic oxidation sites excluding steroid dienone is 6. The van der Waals surface area contributed by atoms with E-state index in [-0.39, 0.29) is 11.4 Å². The third-order valence-corrected chi connectivity index (χ3v) is 3.37. The minimum Gasteiger partial charge on any atom is -0.480 e. The molecule has 0 fully saturated rings. The first kappa shape index (κ1) is 19.9. The maximum atomic E-state index is 12.1. The van der Waals surface area contributed by atoms with E-state index in [0.29, 0.717) is 18.5 Å². The molecular formula is C19H28N2O3. The third kappa shape index (κ3) is 8.48. The van der Waals surface area contributed by atoms with Crippen LogP contribution in [0.2, 0.25) is 0 Å². The van der Waals surface area contributed by atoms with Crippen molar-refractivity contribution < 1.29 is 14.7 Å². The first-order chi connectivity index (χ1) is 11.3. The Kier molecular flexibility index (Phi) is 8.19. The second-order valence-electron chi connectivity index (χ2n) is 6.79. The monoisotopic (exact) mass is 332 g/mol. The zero-order valence-corrected chi connectivity index (χ0v) is 14.7. The SMILES string of the molecule is CC(C)(C)NC(CCCCNC(=O)C1=C/C=C\C=C/C=C1)C(=O)O. The van der Waals surface area contributed by atoms with Crippen LogP contribution in [0.15, 0.2) is 48.1 Å². The zero-order chi connectivity index (χ0) is 18.0. The number of hydrogen-bond acceptors (Lipinski definition) is 3. The van der Waals surface area contributed by atoms with E-state index in [0.717, 1.165) is 12.8 Å². The van der Waals surface area contributed by atoms with Crippen molar-refractivity contribution in [3.63, 3.8) is 0 Å². The van der Waals surface area contributed by atoms with Gasteiger partial charge in [-0.25, -0.2) is 0 Å². The summed E-state index contributed by atoms with van der Waals surface area (Å²) in [5.41, 5.74) is 0.365. The molecule has 5 heteroatoms. The Balaban J connectivity index is 2.32. The molecule has 1 amide bonds. The predicted molar refractivity (Wildman–Crippen MR) is 96.7 cm³/mol. The number of carbonyl (C=O) groups is 2. The summed E-state index contributed by atoms with van der Waals surface area (Å²) < 4.78 is 0. The van der Waals surface area contributed by atoms with Crippen molar-refractivity contribution in [2.75, 3.05) is 6.54 Å². The van der Waals surface area contributed by atoms with E-state index in [4.69, 9.17) is 0 Å². The first-order valence-electron chi connectivity index (χ1n) is 8.30. The number of carboxylic acid groups (broad SMARTS) is 1. The number of carboxylic acids is 1. The van der Waals surface area contributed by atoms with Crippen LogP contribution in [0.25, 0.3) is 0 Å². The van der Waals surface area contributed by atoms with Crippen LogP contribution >= 0.6 is 0 Å². The highest BCUT2D eigenvalue weighted by Crippen LogP contribution is 2.08. The second-order valence-corrected chi connectivity index (χ2v) is 6.79. The minimum absolute atomic E-state index is 0.117. The molecule has 0 aromatic rings. The van der Waals surface area contributed by atoms with E-state index in [1.54, 1.807) is 12.2 Å². The van der Waals surface area contributed by atoms with Crippen molar-refractivity contribution in [2.45, 2.75) is 51.6 Å². The van der Waals surface area contributed by atoms with Gasteiger partial charge in [0, 0.05) is 17.7 Å². The molecule has 24 heavy (non-hydrogen) atoms. The largest absolute Gasteiger partial charge is 0.480 e. The summed E-state index contributed by atoms with van der Waals surface area (Å²) in [6, 6.07) is -0.561. The van der Waals surface area contributed by atoms with Crippen LogP contribution in [0.4, 0.5) is 0 Å². The summed E-state index contributed by atoms with van der Waals surface area (Å²) in [6.07, 6.45) is 14.8. The molecule has 0 spiro atoms. The lowest BCUT2D eigenvalue weighted by atomic mass is 10.0. The average molecular weight is 332 g/mol. The Morgan fingerprint density at radius 1 is 1.08 bits per heavy atom. The zero-order valence-electron chi connectivity index (χ0n) is 14.7. The van der Waals surface area contributed by atoms with Crippen molar-refractivity contribution in [2.24, 2.45) is 0 Å². The number of nitrogens with one attached hydrogen (secondary N) is 2. The number of amides is 1. The predicted octanol–water partition coefficient (Wildman–Crippen LogP) is 2.72. The first-order valence-corrected chi connectivity index (χ1v) is 8.30. The molecule has 0 saturated carbocycles. The molecule has 0 aromatic carbocycles. The maximum absolute atomic E-state index is 12.1. The van der Waals surface area contributed by atoms with Gasteiger partial charge in [-0.1, -0.05) is 30.4 Å². The Morgan fingerprint density at radius 2 is 1.75 bits per heavy atom. The molecule has 1 atom stereocenters. The van der Waals surface area contributed by atoms with E-state index in [9.17, 15) is 14.7 Å². The highest BCUT2D eigenvalue weighted by molar-refractivity contribution is 5.96. The van der Waals surface area contributed by atoms with Crippen molar-refractivity contribution in [3.8, 4) is 0 Å². The summed E-state index contributed by atoms with van der Waals surface area (Å²) in [4.78, 5) is 23.3. The van der Waals surface area contributed by atoms with Gasteiger partial charge in [0.25, 0.3) is 5.91 Å². The standard InChI is InChI=1S/C19H28N2O3/c1-19(2,3)21-16(18(23)24)13-9-10-14-20-17(22)15-11-7-5-4-6-8-12-15/h4-8,11-12,16,21H,9-10,13-14H2,1-3H3,(H,20,22)(H,23,24)/b5-4-,6-4?,7-5?,8-6-,11-7?,12-8?,15-11?,15-12?. The lowest BCUT2D eigenvalue weighted by molar-refractivity contribution is -0.140. The van der Waals surface area contributed by atoms with Crippen LogP contribution < -0.4 is 10.6 Å². The minimum atomic E-state index is -0.835. The number of carbonyl (C=O) groups excluding carboxylic acids is 1. The van der Waals surface area contributed by atoms with Gasteiger partial charge in [0.15, 0.2) is 0 Å². The number of unbranched alkanes of at least 4 members (excludes halogenated alkanes) is 1. The summed E-state index contributed by atoms with van der Waals surface area (Å²) in [5.74, 6) is -0.951. The molecule has 5 nitrogen and oxygen atoms in total. The number of aliphatic carboxylic acids is 1. The van der Waals surface area contributed by atoms with Crippen LogP contribution in [-0.4, -0.2) is 35.1 Å². The van der Waals surface area contributed by atoms with Crippen LogP contribution in [0.1, 0.15) is 40.0 Å². The Morgan fingerprint density at radius 3 is 2.42 bits per heavy atom. The fourth-order valence-corrected chi connectivity index (χ4v) is 2.28. The quantitative estimate of drug-likeness (QED) is 0.597. The second kappa shape index (κ2) is 9.88. The number of hydrogen-bond donors (Lipinski definition) is 3. The lowest BCUT2D eigenvalue weighted by Gasteiger charge is -2.26. The summed E-state index contributed by atoms with van der Waals surface area (Å²) in [7, 11) is 0. The topological polar surface area (TPSA) is 78.4 Å². The molecule has 0 aliphatic heterocycles. The van der Waals surface area contributed by atoms with Crippen LogP contribution in [0.3, 0.4) is 0 Å². The molecule has 0 radical (unpaired) electrons. The normalized spacial score (nSPS) is 18.0. The van der Waals surface area contributed by atoms with Gasteiger partial charge in [0.05, 0.1) is 0 Å². The summed E-state index contributed by atoms with van der Waals surface area (Å²) in [5, 5.41) is 15.2. The van der Waals surface area contributed by atoms with Crippen molar-refractivity contribution >= 4 is 11.9 Å². The van der Waals surface area contributed by atoms with Gasteiger partial charge in [0.1, 0.15) is 6.04 Å². The van der Waals surface area contributed by atoms with Gasteiger partial charge >= 0.3 is 5.97 Å². The smallest absolute Gasteiger partial charge is 0.320 e. The van der Waals surface area contributed by atoms with Crippen molar-refractivity contribution in [3.05, 3.63) is 48.1 Å². The molecule has 1 unspecified atom stereocenters. The Hall–Kier alpha value is -2.14. The average Bonchev–Trinajstić information content (AvgIpc) is 2.43. The number of rotatable bonds is 8. The molecular weight excluding hydrogens is 304 g/mol.